The molecule has 0 fully saturated rings. The van der Waals surface area contributed by atoms with E-state index in [1.807, 2.05) is 6.92 Å². The van der Waals surface area contributed by atoms with Crippen molar-refractivity contribution < 1.29 is 9.53 Å². The van der Waals surface area contributed by atoms with Crippen molar-refractivity contribution in [1.29, 1.82) is 0 Å². The summed E-state index contributed by atoms with van der Waals surface area (Å²) in [5, 5.41) is 8.89. The van der Waals surface area contributed by atoms with Crippen molar-refractivity contribution in [3.05, 3.63) is 27.8 Å². The molecule has 0 radical (unpaired) electrons. The predicted molar refractivity (Wildman–Crippen MR) is 79.1 cm³/mol. The van der Waals surface area contributed by atoms with E-state index in [4.69, 9.17) is 22.1 Å². The number of carbonyl (C=O) groups is 1. The Kier molecular flexibility index (Phi) is 4.22. The molecule has 0 saturated heterocycles. The highest BCUT2D eigenvalue weighted by Gasteiger charge is 2.21. The molecule has 2 heterocycles. The average molecular weight is 312 g/mol. The van der Waals surface area contributed by atoms with Crippen molar-refractivity contribution >= 4 is 23.3 Å². The number of anilines is 1. The Morgan fingerprint density at radius 3 is 2.48 bits per heavy atom. The normalized spacial score (nSPS) is 10.9. The average Bonchev–Trinajstić information content (AvgIpc) is 2.84. The number of aryl methyl sites for hydroxylation is 4. The lowest BCUT2D eigenvalue weighted by molar-refractivity contribution is 0.0452. The molecule has 2 aromatic rings. The fraction of sp³-hybridized carbons (Fsp3) is 0.462. The molecule has 0 unspecified atom stereocenters. The number of nitrogen functional groups attached to an aromatic ring is 1. The smallest absolute Gasteiger partial charge is 0.359 e. The molecule has 2 rings (SSSR count). The second kappa shape index (κ2) is 5.77. The molecule has 0 aliphatic rings. The number of nitrogens with zero attached hydrogens (tertiary/aromatic N) is 4. The van der Waals surface area contributed by atoms with Crippen LogP contribution in [0.15, 0.2) is 0 Å². The van der Waals surface area contributed by atoms with E-state index in [0.717, 1.165) is 5.69 Å². The number of halogens is 1. The van der Waals surface area contributed by atoms with Crippen molar-refractivity contribution in [2.75, 3.05) is 5.73 Å². The molecule has 7 nitrogen and oxygen atoms in total. The SMILES string of the molecule is CCc1nn(C)c(COC(=O)c2c(N)c(C)nn2C)c1Cl. The molecule has 8 heteroatoms. The van der Waals surface area contributed by atoms with E-state index in [9.17, 15) is 4.79 Å². The van der Waals surface area contributed by atoms with Gasteiger partial charge in [0.25, 0.3) is 0 Å². The van der Waals surface area contributed by atoms with Gasteiger partial charge in [-0.1, -0.05) is 18.5 Å². The van der Waals surface area contributed by atoms with Crippen LogP contribution in [0.3, 0.4) is 0 Å². The van der Waals surface area contributed by atoms with E-state index in [1.54, 1.807) is 25.7 Å². The molecule has 0 aliphatic heterocycles. The van der Waals surface area contributed by atoms with E-state index < -0.39 is 5.97 Å². The summed E-state index contributed by atoms with van der Waals surface area (Å²) in [6.45, 7) is 3.73. The zero-order chi connectivity index (χ0) is 15.7. The summed E-state index contributed by atoms with van der Waals surface area (Å²) >= 11 is 6.21. The predicted octanol–water partition coefficient (Wildman–Crippen LogP) is 1.62. The number of ether oxygens (including phenoxy) is 1. The van der Waals surface area contributed by atoms with Crippen LogP contribution in [-0.4, -0.2) is 25.5 Å². The minimum Gasteiger partial charge on any atom is -0.454 e. The molecule has 0 saturated carbocycles. The van der Waals surface area contributed by atoms with Crippen LogP contribution in [0.1, 0.15) is 34.5 Å². The standard InChI is InChI=1S/C13H18ClN5O2/c1-5-8-10(14)9(18(3)17-8)6-21-13(20)12-11(15)7(2)16-19(12)4/h5-6,15H2,1-4H3. The lowest BCUT2D eigenvalue weighted by atomic mass is 10.3. The van der Waals surface area contributed by atoms with Crippen molar-refractivity contribution in [2.45, 2.75) is 26.9 Å². The van der Waals surface area contributed by atoms with Crippen molar-refractivity contribution in [3.63, 3.8) is 0 Å². The van der Waals surface area contributed by atoms with Crippen LogP contribution in [0, 0.1) is 6.92 Å². The van der Waals surface area contributed by atoms with E-state index in [1.165, 1.54) is 4.68 Å². The minimum absolute atomic E-state index is 0.0326. The van der Waals surface area contributed by atoms with Crippen LogP contribution < -0.4 is 5.73 Å². The van der Waals surface area contributed by atoms with Crippen LogP contribution in [0.5, 0.6) is 0 Å². The van der Waals surface area contributed by atoms with Crippen LogP contribution in [0.25, 0.3) is 0 Å². The number of aromatic nitrogens is 4. The molecule has 0 amide bonds. The highest BCUT2D eigenvalue weighted by Crippen LogP contribution is 2.22. The van der Waals surface area contributed by atoms with Gasteiger partial charge in [0.05, 0.1) is 27.8 Å². The first-order chi connectivity index (χ1) is 9.86. The Morgan fingerprint density at radius 1 is 1.33 bits per heavy atom. The van der Waals surface area contributed by atoms with Gasteiger partial charge in [-0.15, -0.1) is 0 Å². The molecule has 21 heavy (non-hydrogen) atoms. The molecular weight excluding hydrogens is 294 g/mol. The Bertz CT molecular complexity index is 689. The van der Waals surface area contributed by atoms with Crippen molar-refractivity contribution in [1.82, 2.24) is 19.6 Å². The number of hydrogen-bond donors (Lipinski definition) is 1. The summed E-state index contributed by atoms with van der Waals surface area (Å²) in [6.07, 6.45) is 0.717. The van der Waals surface area contributed by atoms with Crippen molar-refractivity contribution in [3.8, 4) is 0 Å². The Hall–Kier alpha value is -2.02. The zero-order valence-corrected chi connectivity index (χ0v) is 13.2. The highest BCUT2D eigenvalue weighted by atomic mass is 35.5. The maximum absolute atomic E-state index is 12.1. The molecule has 2 N–H and O–H groups in total. The quantitative estimate of drug-likeness (QED) is 0.867. The number of nitrogens with two attached hydrogens (primary N) is 1. The van der Waals surface area contributed by atoms with Gasteiger partial charge in [-0.3, -0.25) is 9.36 Å². The Balaban J connectivity index is 2.17. The number of rotatable bonds is 4. The first-order valence-electron chi connectivity index (χ1n) is 6.53. The monoisotopic (exact) mass is 311 g/mol. The zero-order valence-electron chi connectivity index (χ0n) is 12.5. The van der Waals surface area contributed by atoms with Crippen molar-refractivity contribution in [2.24, 2.45) is 14.1 Å². The third kappa shape index (κ3) is 2.73. The van der Waals surface area contributed by atoms with Gasteiger partial charge in [0.1, 0.15) is 6.61 Å². The lowest BCUT2D eigenvalue weighted by Gasteiger charge is -2.06. The summed E-state index contributed by atoms with van der Waals surface area (Å²) in [5.74, 6) is -0.536. The van der Waals surface area contributed by atoms with Gasteiger partial charge in [0, 0.05) is 14.1 Å². The molecule has 0 aromatic carbocycles. The highest BCUT2D eigenvalue weighted by molar-refractivity contribution is 6.31. The van der Waals surface area contributed by atoms with E-state index in [-0.39, 0.29) is 12.3 Å². The summed E-state index contributed by atoms with van der Waals surface area (Å²) in [6, 6.07) is 0. The Morgan fingerprint density at radius 2 is 2.00 bits per heavy atom. The summed E-state index contributed by atoms with van der Waals surface area (Å²) in [5.41, 5.74) is 8.42. The van der Waals surface area contributed by atoms with Crippen LogP contribution in [0.2, 0.25) is 5.02 Å². The molecule has 0 bridgehead atoms. The van der Waals surface area contributed by atoms with Gasteiger partial charge in [-0.05, 0) is 13.3 Å². The largest absolute Gasteiger partial charge is 0.454 e. The molecule has 0 atom stereocenters. The van der Waals surface area contributed by atoms with Gasteiger partial charge in [0.2, 0.25) is 0 Å². The van der Waals surface area contributed by atoms with Gasteiger partial charge < -0.3 is 10.5 Å². The minimum atomic E-state index is -0.536. The Labute approximate surface area is 127 Å². The van der Waals surface area contributed by atoms with Gasteiger partial charge >= 0.3 is 5.97 Å². The molecule has 0 spiro atoms. The van der Waals surface area contributed by atoms with E-state index >= 15 is 0 Å². The summed E-state index contributed by atoms with van der Waals surface area (Å²) < 4.78 is 8.31. The van der Waals surface area contributed by atoms with Gasteiger partial charge in [-0.25, -0.2) is 4.79 Å². The topological polar surface area (TPSA) is 88.0 Å². The van der Waals surface area contributed by atoms with E-state index in [2.05, 4.69) is 10.2 Å². The third-order valence-electron chi connectivity index (χ3n) is 3.30. The fourth-order valence-corrected chi connectivity index (χ4v) is 2.44. The van der Waals surface area contributed by atoms with Crippen LogP contribution in [-0.2, 0) is 31.9 Å². The van der Waals surface area contributed by atoms with Gasteiger partial charge in [-0.2, -0.15) is 10.2 Å². The molecular formula is C13H18ClN5O2. The first kappa shape index (κ1) is 15.4. The fourth-order valence-electron chi connectivity index (χ4n) is 2.10. The molecule has 0 aliphatic carbocycles. The second-order valence-corrected chi connectivity index (χ2v) is 5.11. The maximum atomic E-state index is 12.1. The van der Waals surface area contributed by atoms with E-state index in [0.29, 0.717) is 28.5 Å². The first-order valence-corrected chi connectivity index (χ1v) is 6.91. The summed E-state index contributed by atoms with van der Waals surface area (Å²) in [4.78, 5) is 12.1. The third-order valence-corrected chi connectivity index (χ3v) is 3.74. The maximum Gasteiger partial charge on any atom is 0.359 e. The number of esters is 1. The van der Waals surface area contributed by atoms with Gasteiger partial charge in [0.15, 0.2) is 5.69 Å². The number of hydrogen-bond acceptors (Lipinski definition) is 5. The molecule has 114 valence electrons. The molecule has 2 aromatic heterocycles. The lowest BCUT2D eigenvalue weighted by Crippen LogP contribution is -2.14. The number of carbonyl (C=O) groups excluding carboxylic acids is 1. The van der Waals surface area contributed by atoms with Crippen LogP contribution >= 0.6 is 11.6 Å². The van der Waals surface area contributed by atoms with Crippen LogP contribution in [0.4, 0.5) is 5.69 Å². The second-order valence-electron chi connectivity index (χ2n) is 4.73. The summed E-state index contributed by atoms with van der Waals surface area (Å²) in [7, 11) is 3.41.